The number of aromatic nitrogens is 3. The average molecular weight is 443 g/mol. The number of nitrogens with two attached hydrogens (primary N) is 1. The lowest BCUT2D eigenvalue weighted by atomic mass is 9.77. The van der Waals surface area contributed by atoms with Crippen LogP contribution in [0.25, 0.3) is 11.0 Å². The minimum atomic E-state index is -0.695. The number of rotatable bonds is 7. The average Bonchev–Trinajstić information content (AvgIpc) is 3.29. The van der Waals surface area contributed by atoms with Crippen LogP contribution >= 0.6 is 11.6 Å². The van der Waals surface area contributed by atoms with Gasteiger partial charge in [0.25, 0.3) is 0 Å². The molecule has 1 aliphatic heterocycles. The van der Waals surface area contributed by atoms with Gasteiger partial charge in [0.1, 0.15) is 17.8 Å². The number of H-pyrrole nitrogens is 1. The molecule has 0 bridgehead atoms. The Hall–Kier alpha value is -2.52. The van der Waals surface area contributed by atoms with Crippen LogP contribution in [0.5, 0.6) is 0 Å². The molecule has 1 aromatic carbocycles. The van der Waals surface area contributed by atoms with Gasteiger partial charge < -0.3 is 21.1 Å². The van der Waals surface area contributed by atoms with E-state index in [2.05, 4.69) is 20.3 Å². The Labute approximate surface area is 185 Å². The van der Waals surface area contributed by atoms with Crippen LogP contribution in [-0.2, 0) is 4.79 Å². The number of carbonyl (C=O) groups is 1. The van der Waals surface area contributed by atoms with Gasteiger partial charge >= 0.3 is 0 Å². The fourth-order valence-corrected chi connectivity index (χ4v) is 4.48. The van der Waals surface area contributed by atoms with Crippen molar-refractivity contribution in [2.24, 2.45) is 11.1 Å². The number of aromatic amines is 1. The molecule has 0 aliphatic carbocycles. The third-order valence-electron chi connectivity index (χ3n) is 6.15. The molecule has 1 atom stereocenters. The lowest BCUT2D eigenvalue weighted by Crippen LogP contribution is -2.54. The molecule has 0 radical (unpaired) electrons. The molecule has 8 nitrogen and oxygen atoms in total. The van der Waals surface area contributed by atoms with Crippen LogP contribution in [0.3, 0.4) is 0 Å². The van der Waals surface area contributed by atoms with Gasteiger partial charge in [-0.25, -0.2) is 9.97 Å². The van der Waals surface area contributed by atoms with Crippen molar-refractivity contribution in [1.29, 1.82) is 0 Å². The van der Waals surface area contributed by atoms with Crippen molar-refractivity contribution in [2.45, 2.75) is 25.3 Å². The van der Waals surface area contributed by atoms with Crippen molar-refractivity contribution < 1.29 is 9.90 Å². The van der Waals surface area contributed by atoms with Crippen molar-refractivity contribution in [2.75, 3.05) is 31.1 Å². The molecular weight excluding hydrogens is 416 g/mol. The van der Waals surface area contributed by atoms with E-state index in [0.717, 1.165) is 24.0 Å². The first-order valence-electron chi connectivity index (χ1n) is 10.5. The SMILES string of the molecule is NCC1(C(=O)N(c2ncnc3[nH]ccc23)C(CCO)c2ccc(Cl)cc2)CCNCC1. The standard InChI is InChI=1S/C22H27ClN6O2/c23-16-3-1-15(2-4-16)18(6-12-30)29(20-17-5-9-26-19(17)27-14-28-20)21(31)22(13-24)7-10-25-11-8-22/h1-5,9,14,18,25,30H,6-8,10-13,24H2,(H,26,27,28). The van der Waals surface area contributed by atoms with E-state index in [9.17, 15) is 9.90 Å². The molecule has 5 N–H and O–H groups in total. The Balaban J connectivity index is 1.88. The molecule has 1 saturated heterocycles. The molecular formula is C22H27ClN6O2. The van der Waals surface area contributed by atoms with E-state index in [1.807, 2.05) is 18.2 Å². The highest BCUT2D eigenvalue weighted by Gasteiger charge is 2.44. The quantitative estimate of drug-likeness (QED) is 0.446. The van der Waals surface area contributed by atoms with Crippen molar-refractivity contribution >= 4 is 34.4 Å². The van der Waals surface area contributed by atoms with Gasteiger partial charge in [0, 0.05) is 24.4 Å². The molecule has 1 fully saturated rings. The third-order valence-corrected chi connectivity index (χ3v) is 6.41. The van der Waals surface area contributed by atoms with Gasteiger partial charge in [0.05, 0.1) is 16.8 Å². The second-order valence-electron chi connectivity index (χ2n) is 7.93. The van der Waals surface area contributed by atoms with E-state index >= 15 is 0 Å². The molecule has 9 heteroatoms. The fourth-order valence-electron chi connectivity index (χ4n) is 4.35. The summed E-state index contributed by atoms with van der Waals surface area (Å²) in [6, 6.07) is 8.78. The zero-order valence-electron chi connectivity index (χ0n) is 17.2. The highest BCUT2D eigenvalue weighted by molar-refractivity contribution is 6.30. The Morgan fingerprint density at radius 2 is 1.97 bits per heavy atom. The number of benzene rings is 1. The molecule has 3 aromatic rings. The summed E-state index contributed by atoms with van der Waals surface area (Å²) in [6.07, 6.45) is 4.86. The number of anilines is 1. The van der Waals surface area contributed by atoms with Crippen LogP contribution in [0.4, 0.5) is 5.82 Å². The smallest absolute Gasteiger partial charge is 0.236 e. The van der Waals surface area contributed by atoms with Crippen LogP contribution in [0, 0.1) is 5.41 Å². The first kappa shape index (κ1) is 21.7. The minimum absolute atomic E-state index is 0.0777. The normalized spacial score (nSPS) is 16.9. The summed E-state index contributed by atoms with van der Waals surface area (Å²) < 4.78 is 0. The second-order valence-corrected chi connectivity index (χ2v) is 8.36. The maximum Gasteiger partial charge on any atom is 0.236 e. The molecule has 3 heterocycles. The van der Waals surface area contributed by atoms with E-state index in [0.29, 0.717) is 35.8 Å². The molecule has 0 saturated carbocycles. The van der Waals surface area contributed by atoms with E-state index < -0.39 is 11.5 Å². The highest BCUT2D eigenvalue weighted by Crippen LogP contribution is 2.39. The van der Waals surface area contributed by atoms with Crippen molar-refractivity contribution in [3.8, 4) is 0 Å². The van der Waals surface area contributed by atoms with Crippen LogP contribution in [0.2, 0.25) is 5.02 Å². The Morgan fingerprint density at radius 3 is 2.65 bits per heavy atom. The van der Waals surface area contributed by atoms with Gasteiger partial charge in [-0.1, -0.05) is 23.7 Å². The summed E-state index contributed by atoms with van der Waals surface area (Å²) in [4.78, 5) is 27.8. The molecule has 164 valence electrons. The topological polar surface area (TPSA) is 120 Å². The van der Waals surface area contributed by atoms with Gasteiger partial charge in [-0.3, -0.25) is 9.69 Å². The summed E-state index contributed by atoms with van der Waals surface area (Å²) >= 11 is 6.10. The number of hydrogen-bond acceptors (Lipinski definition) is 6. The summed E-state index contributed by atoms with van der Waals surface area (Å²) in [6.45, 7) is 1.62. The fraction of sp³-hybridized carbons (Fsp3) is 0.409. The zero-order valence-corrected chi connectivity index (χ0v) is 18.0. The van der Waals surface area contributed by atoms with Crippen molar-refractivity contribution in [1.82, 2.24) is 20.3 Å². The number of piperidine rings is 1. The number of nitrogens with zero attached hydrogens (tertiary/aromatic N) is 3. The molecule has 4 rings (SSSR count). The summed E-state index contributed by atoms with van der Waals surface area (Å²) in [5, 5.41) is 14.6. The van der Waals surface area contributed by atoms with Crippen molar-refractivity contribution in [3.05, 3.63) is 53.4 Å². The predicted molar refractivity (Wildman–Crippen MR) is 121 cm³/mol. The lowest BCUT2D eigenvalue weighted by Gasteiger charge is -2.42. The van der Waals surface area contributed by atoms with Gasteiger partial charge in [0.2, 0.25) is 5.91 Å². The molecule has 31 heavy (non-hydrogen) atoms. The van der Waals surface area contributed by atoms with Gasteiger partial charge in [-0.05, 0) is 56.1 Å². The molecule has 1 amide bonds. The van der Waals surface area contributed by atoms with Crippen LogP contribution in [0.1, 0.15) is 30.9 Å². The molecule has 1 unspecified atom stereocenters. The largest absolute Gasteiger partial charge is 0.396 e. The van der Waals surface area contributed by atoms with Gasteiger partial charge in [0.15, 0.2) is 0 Å². The molecule has 1 aliphatic rings. The van der Waals surface area contributed by atoms with Crippen LogP contribution in [-0.4, -0.2) is 52.2 Å². The number of aliphatic hydroxyl groups is 1. The predicted octanol–water partition coefficient (Wildman–Crippen LogP) is 2.40. The monoisotopic (exact) mass is 442 g/mol. The molecule has 2 aromatic heterocycles. The summed E-state index contributed by atoms with van der Waals surface area (Å²) in [5.74, 6) is 0.433. The maximum absolute atomic E-state index is 14.2. The van der Waals surface area contributed by atoms with Gasteiger partial charge in [-0.2, -0.15) is 0 Å². The number of aliphatic hydroxyl groups excluding tert-OH is 1. The van der Waals surface area contributed by atoms with Crippen LogP contribution < -0.4 is 16.0 Å². The van der Waals surface area contributed by atoms with Gasteiger partial charge in [-0.15, -0.1) is 0 Å². The second kappa shape index (κ2) is 9.32. The molecule has 0 spiro atoms. The number of nitrogens with one attached hydrogen (secondary N) is 2. The first-order valence-corrected chi connectivity index (χ1v) is 10.9. The van der Waals surface area contributed by atoms with E-state index in [1.165, 1.54) is 6.33 Å². The maximum atomic E-state index is 14.2. The number of halogens is 1. The summed E-state index contributed by atoms with van der Waals surface area (Å²) in [7, 11) is 0. The van der Waals surface area contributed by atoms with E-state index in [1.54, 1.807) is 23.2 Å². The Morgan fingerprint density at radius 1 is 1.23 bits per heavy atom. The van der Waals surface area contributed by atoms with Crippen LogP contribution in [0.15, 0.2) is 42.9 Å². The number of amides is 1. The van der Waals surface area contributed by atoms with E-state index in [-0.39, 0.29) is 19.1 Å². The Bertz CT molecular complexity index is 1030. The van der Waals surface area contributed by atoms with Crippen molar-refractivity contribution in [3.63, 3.8) is 0 Å². The number of carbonyl (C=O) groups excluding carboxylic acids is 1. The highest BCUT2D eigenvalue weighted by atomic mass is 35.5. The van der Waals surface area contributed by atoms with E-state index in [4.69, 9.17) is 17.3 Å². The summed E-state index contributed by atoms with van der Waals surface area (Å²) in [5.41, 5.74) is 7.02. The number of hydrogen-bond donors (Lipinski definition) is 4. The minimum Gasteiger partial charge on any atom is -0.396 e. The zero-order chi connectivity index (χ0) is 21.8. The first-order chi connectivity index (χ1) is 15.1. The number of fused-ring (bicyclic) bond motifs is 1. The lowest BCUT2D eigenvalue weighted by molar-refractivity contribution is -0.129. The third kappa shape index (κ3) is 4.16. The Kier molecular flexibility index (Phi) is 6.52.